The van der Waals surface area contributed by atoms with Gasteiger partial charge in [-0.1, -0.05) is 12.1 Å². The number of carbonyl (C=O) groups excluding carboxylic acids is 1. The molecule has 4 heteroatoms. The summed E-state index contributed by atoms with van der Waals surface area (Å²) in [6.45, 7) is 4.15. The molecule has 1 fully saturated rings. The number of halogens is 1. The van der Waals surface area contributed by atoms with Crippen LogP contribution in [0.15, 0.2) is 24.3 Å². The van der Waals surface area contributed by atoms with Gasteiger partial charge in [0.25, 0.3) is 0 Å². The van der Waals surface area contributed by atoms with Gasteiger partial charge in [-0.15, -0.1) is 0 Å². The number of amides is 1. The van der Waals surface area contributed by atoms with Crippen LogP contribution in [0.2, 0.25) is 0 Å². The summed E-state index contributed by atoms with van der Waals surface area (Å²) in [7, 11) is 0. The molecule has 0 aliphatic carbocycles. The van der Waals surface area contributed by atoms with Crippen molar-refractivity contribution >= 4 is 5.91 Å². The van der Waals surface area contributed by atoms with Crippen LogP contribution in [0.5, 0.6) is 0 Å². The van der Waals surface area contributed by atoms with Crippen molar-refractivity contribution in [2.75, 3.05) is 13.1 Å². The molecule has 1 aliphatic heterocycles. The van der Waals surface area contributed by atoms with Crippen molar-refractivity contribution in [2.45, 2.75) is 26.3 Å². The summed E-state index contributed by atoms with van der Waals surface area (Å²) in [6.07, 6.45) is 1.94. The molecule has 1 aromatic carbocycles. The first-order valence-electron chi connectivity index (χ1n) is 6.34. The predicted molar refractivity (Wildman–Crippen MR) is 68.5 cm³/mol. The van der Waals surface area contributed by atoms with Gasteiger partial charge in [0.05, 0.1) is 5.41 Å². The molecule has 2 N–H and O–H groups in total. The third-order valence-corrected chi connectivity index (χ3v) is 3.51. The summed E-state index contributed by atoms with van der Waals surface area (Å²) in [5.74, 6) is -0.187. The zero-order valence-electron chi connectivity index (χ0n) is 10.6. The highest BCUT2D eigenvalue weighted by Crippen LogP contribution is 2.25. The van der Waals surface area contributed by atoms with Crippen molar-refractivity contribution in [3.8, 4) is 0 Å². The van der Waals surface area contributed by atoms with Gasteiger partial charge in [0.15, 0.2) is 0 Å². The van der Waals surface area contributed by atoms with Gasteiger partial charge < -0.3 is 10.6 Å². The third-order valence-electron chi connectivity index (χ3n) is 3.51. The Kier molecular flexibility index (Phi) is 3.97. The summed E-state index contributed by atoms with van der Waals surface area (Å²) in [5.41, 5.74) is 0.593. The van der Waals surface area contributed by atoms with Gasteiger partial charge in [0.2, 0.25) is 5.91 Å². The smallest absolute Gasteiger partial charge is 0.227 e. The van der Waals surface area contributed by atoms with Gasteiger partial charge in [-0.2, -0.15) is 0 Å². The lowest BCUT2D eigenvalue weighted by molar-refractivity contribution is -0.131. The minimum absolute atomic E-state index is 0.0685. The van der Waals surface area contributed by atoms with Gasteiger partial charge >= 0.3 is 0 Å². The van der Waals surface area contributed by atoms with E-state index in [4.69, 9.17) is 0 Å². The second-order valence-corrected chi connectivity index (χ2v) is 5.15. The molecule has 1 saturated heterocycles. The fourth-order valence-electron chi connectivity index (χ4n) is 2.25. The van der Waals surface area contributed by atoms with Gasteiger partial charge in [0.1, 0.15) is 5.82 Å². The van der Waals surface area contributed by atoms with E-state index in [-0.39, 0.29) is 17.1 Å². The summed E-state index contributed by atoms with van der Waals surface area (Å²) in [4.78, 5) is 12.1. The van der Waals surface area contributed by atoms with E-state index in [9.17, 15) is 9.18 Å². The second kappa shape index (κ2) is 5.48. The van der Waals surface area contributed by atoms with Crippen LogP contribution in [-0.2, 0) is 11.3 Å². The molecule has 0 saturated carbocycles. The summed E-state index contributed by atoms with van der Waals surface area (Å²) in [5, 5.41) is 6.18. The van der Waals surface area contributed by atoms with E-state index >= 15 is 0 Å². The first-order valence-corrected chi connectivity index (χ1v) is 6.34. The number of carbonyl (C=O) groups is 1. The van der Waals surface area contributed by atoms with E-state index < -0.39 is 0 Å². The maximum absolute atomic E-state index is 12.7. The zero-order valence-corrected chi connectivity index (χ0v) is 10.6. The quantitative estimate of drug-likeness (QED) is 0.859. The molecule has 1 amide bonds. The molecule has 2 rings (SSSR count). The Morgan fingerprint density at radius 2 is 2.17 bits per heavy atom. The Balaban J connectivity index is 1.89. The van der Waals surface area contributed by atoms with Crippen LogP contribution in [0.25, 0.3) is 0 Å². The monoisotopic (exact) mass is 250 g/mol. The van der Waals surface area contributed by atoms with Crippen LogP contribution in [0.4, 0.5) is 4.39 Å². The molecule has 3 nitrogen and oxygen atoms in total. The fraction of sp³-hybridized carbons (Fsp3) is 0.500. The van der Waals surface area contributed by atoms with E-state index in [0.29, 0.717) is 6.54 Å². The van der Waals surface area contributed by atoms with Crippen LogP contribution >= 0.6 is 0 Å². The third kappa shape index (κ3) is 3.07. The van der Waals surface area contributed by atoms with Crippen LogP contribution in [0.1, 0.15) is 25.3 Å². The highest BCUT2D eigenvalue weighted by atomic mass is 19.1. The summed E-state index contributed by atoms with van der Waals surface area (Å²) < 4.78 is 12.7. The maximum atomic E-state index is 12.7. The highest BCUT2D eigenvalue weighted by molar-refractivity contribution is 5.82. The van der Waals surface area contributed by atoms with E-state index in [1.807, 2.05) is 6.92 Å². The van der Waals surface area contributed by atoms with Gasteiger partial charge in [-0.05, 0) is 44.0 Å². The van der Waals surface area contributed by atoms with Gasteiger partial charge in [0, 0.05) is 13.1 Å². The average molecular weight is 250 g/mol. The van der Waals surface area contributed by atoms with Crippen molar-refractivity contribution in [1.29, 1.82) is 0 Å². The summed E-state index contributed by atoms with van der Waals surface area (Å²) in [6, 6.07) is 6.20. The van der Waals surface area contributed by atoms with Gasteiger partial charge in [-0.25, -0.2) is 4.39 Å². The molecule has 1 atom stereocenters. The fourth-order valence-corrected chi connectivity index (χ4v) is 2.25. The molecule has 0 aromatic heterocycles. The van der Waals surface area contributed by atoms with Crippen LogP contribution in [-0.4, -0.2) is 19.0 Å². The number of hydrogen-bond donors (Lipinski definition) is 2. The van der Waals surface area contributed by atoms with E-state index in [2.05, 4.69) is 10.6 Å². The predicted octanol–water partition coefficient (Wildman–Crippen LogP) is 1.83. The lowest BCUT2D eigenvalue weighted by Crippen LogP contribution is -2.48. The molecule has 1 aliphatic rings. The minimum atomic E-state index is -0.321. The van der Waals surface area contributed by atoms with E-state index in [1.54, 1.807) is 12.1 Å². The number of rotatable bonds is 3. The molecule has 18 heavy (non-hydrogen) atoms. The first-order chi connectivity index (χ1) is 8.60. The van der Waals surface area contributed by atoms with E-state index in [0.717, 1.165) is 31.5 Å². The molecule has 0 spiro atoms. The largest absolute Gasteiger partial charge is 0.352 e. The highest BCUT2D eigenvalue weighted by Gasteiger charge is 2.34. The molecule has 1 aromatic rings. The topological polar surface area (TPSA) is 41.1 Å². The molecule has 98 valence electrons. The van der Waals surface area contributed by atoms with Crippen LogP contribution in [0.3, 0.4) is 0 Å². The number of hydrogen-bond acceptors (Lipinski definition) is 2. The van der Waals surface area contributed by atoms with Crippen molar-refractivity contribution in [1.82, 2.24) is 10.6 Å². The standard InChI is InChI=1S/C14H19FN2O/c1-14(7-2-8-16-10-14)13(18)17-9-11-3-5-12(15)6-4-11/h3-6,16H,2,7-10H2,1H3,(H,17,18). The summed E-state index contributed by atoms with van der Waals surface area (Å²) >= 11 is 0. The van der Waals surface area contributed by atoms with Crippen molar-refractivity contribution in [3.63, 3.8) is 0 Å². The van der Waals surface area contributed by atoms with Gasteiger partial charge in [-0.3, -0.25) is 4.79 Å². The minimum Gasteiger partial charge on any atom is -0.352 e. The Labute approximate surface area is 107 Å². The molecular weight excluding hydrogens is 231 g/mol. The lowest BCUT2D eigenvalue weighted by atomic mass is 9.82. The Morgan fingerprint density at radius 1 is 1.44 bits per heavy atom. The molecular formula is C14H19FN2O. The molecule has 0 bridgehead atoms. The SMILES string of the molecule is CC1(C(=O)NCc2ccc(F)cc2)CCCNC1. The normalized spacial score (nSPS) is 23.7. The molecule has 1 unspecified atom stereocenters. The zero-order chi connectivity index (χ0) is 13.0. The number of nitrogens with one attached hydrogen (secondary N) is 2. The second-order valence-electron chi connectivity index (χ2n) is 5.15. The van der Waals surface area contributed by atoms with Crippen LogP contribution < -0.4 is 10.6 Å². The maximum Gasteiger partial charge on any atom is 0.227 e. The number of piperidine rings is 1. The molecule has 1 heterocycles. The molecule has 0 radical (unpaired) electrons. The lowest BCUT2D eigenvalue weighted by Gasteiger charge is -2.32. The first kappa shape index (κ1) is 13.0. The van der Waals surface area contributed by atoms with Crippen molar-refractivity contribution < 1.29 is 9.18 Å². The number of benzene rings is 1. The van der Waals surface area contributed by atoms with Crippen molar-refractivity contribution in [3.05, 3.63) is 35.6 Å². The van der Waals surface area contributed by atoms with E-state index in [1.165, 1.54) is 12.1 Å². The Morgan fingerprint density at radius 3 is 2.78 bits per heavy atom. The Bertz CT molecular complexity index is 410. The average Bonchev–Trinajstić information content (AvgIpc) is 2.38. The Hall–Kier alpha value is -1.42. The van der Waals surface area contributed by atoms with Crippen LogP contribution in [0, 0.1) is 11.2 Å². The van der Waals surface area contributed by atoms with Crippen molar-refractivity contribution in [2.24, 2.45) is 5.41 Å².